The third kappa shape index (κ3) is 4.04. The number of aromatic nitrogens is 1. The summed E-state index contributed by atoms with van der Waals surface area (Å²) in [6.07, 6.45) is 1.45. The lowest BCUT2D eigenvalue weighted by Gasteiger charge is -2.10. The Morgan fingerprint density at radius 3 is 2.67 bits per heavy atom. The Labute approximate surface area is 104 Å². The summed E-state index contributed by atoms with van der Waals surface area (Å²) < 4.78 is 1.32. The van der Waals surface area contributed by atoms with Gasteiger partial charge >= 0.3 is 5.97 Å². The Kier molecular flexibility index (Phi) is 4.65. The van der Waals surface area contributed by atoms with E-state index >= 15 is 0 Å². The normalized spacial score (nSPS) is 11.9. The van der Waals surface area contributed by atoms with E-state index in [1.165, 1.54) is 22.9 Å². The quantitative estimate of drug-likeness (QED) is 0.785. The van der Waals surface area contributed by atoms with Crippen molar-refractivity contribution in [2.45, 2.75) is 13.3 Å². The van der Waals surface area contributed by atoms with E-state index in [1.54, 1.807) is 14.0 Å². The number of nitrogens with zero attached hydrogens (tertiary/aromatic N) is 1. The van der Waals surface area contributed by atoms with Crippen LogP contribution in [0.5, 0.6) is 0 Å². The molecule has 0 saturated heterocycles. The minimum absolute atomic E-state index is 0.00750. The van der Waals surface area contributed by atoms with Crippen molar-refractivity contribution in [3.63, 3.8) is 0 Å². The van der Waals surface area contributed by atoms with Gasteiger partial charge in [-0.05, 0) is 12.0 Å². The van der Waals surface area contributed by atoms with Gasteiger partial charge in [0, 0.05) is 32.3 Å². The first-order chi connectivity index (χ1) is 8.40. The highest BCUT2D eigenvalue weighted by Crippen LogP contribution is 2.01. The van der Waals surface area contributed by atoms with Gasteiger partial charge in [0.2, 0.25) is 5.56 Å². The molecule has 0 aromatic carbocycles. The van der Waals surface area contributed by atoms with Crippen LogP contribution in [0.25, 0.3) is 0 Å². The molecule has 98 valence electrons. The van der Waals surface area contributed by atoms with Gasteiger partial charge in [-0.15, -0.1) is 0 Å². The largest absolute Gasteiger partial charge is 0.481 e. The van der Waals surface area contributed by atoms with Crippen LogP contribution in [0.1, 0.15) is 23.7 Å². The Morgan fingerprint density at radius 1 is 1.44 bits per heavy atom. The van der Waals surface area contributed by atoms with Gasteiger partial charge in [0.15, 0.2) is 0 Å². The van der Waals surface area contributed by atoms with E-state index in [1.807, 2.05) is 0 Å². The average Bonchev–Trinajstić information content (AvgIpc) is 2.28. The Morgan fingerprint density at radius 2 is 2.11 bits per heavy atom. The molecule has 1 rings (SSSR count). The van der Waals surface area contributed by atoms with E-state index in [0.29, 0.717) is 5.56 Å². The maximum absolute atomic E-state index is 11.7. The Balaban J connectivity index is 2.57. The second kappa shape index (κ2) is 6.00. The summed E-state index contributed by atoms with van der Waals surface area (Å²) in [5, 5.41) is 11.2. The van der Waals surface area contributed by atoms with Crippen molar-refractivity contribution in [2.75, 3.05) is 6.54 Å². The number of carbonyl (C=O) groups excluding carboxylic acids is 1. The molecule has 0 spiro atoms. The summed E-state index contributed by atoms with van der Waals surface area (Å²) in [5.74, 6) is -1.35. The zero-order valence-corrected chi connectivity index (χ0v) is 10.3. The van der Waals surface area contributed by atoms with E-state index in [-0.39, 0.29) is 30.3 Å². The van der Waals surface area contributed by atoms with E-state index in [9.17, 15) is 14.4 Å². The predicted octanol–water partition coefficient (Wildman–Crippen LogP) is 0.226. The maximum Gasteiger partial charge on any atom is 0.303 e. The summed E-state index contributed by atoms with van der Waals surface area (Å²) in [7, 11) is 1.56. The minimum atomic E-state index is -0.890. The smallest absolute Gasteiger partial charge is 0.303 e. The van der Waals surface area contributed by atoms with Gasteiger partial charge in [-0.2, -0.15) is 0 Å². The zero-order valence-electron chi connectivity index (χ0n) is 10.3. The highest BCUT2D eigenvalue weighted by atomic mass is 16.4. The molecule has 1 unspecified atom stereocenters. The van der Waals surface area contributed by atoms with Crippen molar-refractivity contribution >= 4 is 11.9 Å². The van der Waals surface area contributed by atoms with Crippen molar-refractivity contribution in [3.8, 4) is 0 Å². The van der Waals surface area contributed by atoms with Gasteiger partial charge < -0.3 is 15.0 Å². The van der Waals surface area contributed by atoms with Gasteiger partial charge in [-0.3, -0.25) is 14.4 Å². The lowest BCUT2D eigenvalue weighted by atomic mass is 10.1. The molecule has 0 radical (unpaired) electrons. The van der Waals surface area contributed by atoms with Gasteiger partial charge in [-0.1, -0.05) is 6.92 Å². The number of rotatable bonds is 5. The molecule has 0 bridgehead atoms. The van der Waals surface area contributed by atoms with Crippen LogP contribution >= 0.6 is 0 Å². The van der Waals surface area contributed by atoms with Gasteiger partial charge in [-0.25, -0.2) is 0 Å². The molecule has 1 amide bonds. The van der Waals surface area contributed by atoms with Crippen LogP contribution in [-0.2, 0) is 11.8 Å². The standard InChI is InChI=1S/C12H16N2O4/c1-8(5-11(16)17)6-13-12(18)9-3-4-10(15)14(2)7-9/h3-4,7-8H,5-6H2,1-2H3,(H,13,18)(H,16,17). The van der Waals surface area contributed by atoms with Gasteiger partial charge in [0.25, 0.3) is 5.91 Å². The lowest BCUT2D eigenvalue weighted by molar-refractivity contribution is -0.137. The maximum atomic E-state index is 11.7. The second-order valence-corrected chi connectivity index (χ2v) is 4.28. The topological polar surface area (TPSA) is 88.4 Å². The third-order valence-corrected chi connectivity index (χ3v) is 2.48. The fourth-order valence-electron chi connectivity index (χ4n) is 1.47. The van der Waals surface area contributed by atoms with Crippen molar-refractivity contribution in [3.05, 3.63) is 34.2 Å². The van der Waals surface area contributed by atoms with Crippen LogP contribution in [-0.4, -0.2) is 28.1 Å². The van der Waals surface area contributed by atoms with E-state index in [0.717, 1.165) is 0 Å². The molecule has 1 aromatic rings. The highest BCUT2D eigenvalue weighted by molar-refractivity contribution is 5.93. The molecule has 0 saturated carbocycles. The number of hydrogen-bond acceptors (Lipinski definition) is 3. The van der Waals surface area contributed by atoms with Crippen LogP contribution in [0.15, 0.2) is 23.1 Å². The number of hydrogen-bond donors (Lipinski definition) is 2. The fourth-order valence-corrected chi connectivity index (χ4v) is 1.47. The molecule has 18 heavy (non-hydrogen) atoms. The number of aliphatic carboxylic acids is 1. The molecule has 0 aliphatic rings. The van der Waals surface area contributed by atoms with Crippen molar-refractivity contribution in [1.82, 2.24) is 9.88 Å². The van der Waals surface area contributed by atoms with Gasteiger partial charge in [0.05, 0.1) is 5.56 Å². The zero-order chi connectivity index (χ0) is 13.7. The van der Waals surface area contributed by atoms with Crippen LogP contribution < -0.4 is 10.9 Å². The first-order valence-electron chi connectivity index (χ1n) is 5.57. The lowest BCUT2D eigenvalue weighted by Crippen LogP contribution is -2.30. The number of nitrogens with one attached hydrogen (secondary N) is 1. The number of pyridine rings is 1. The molecular weight excluding hydrogens is 236 g/mol. The van der Waals surface area contributed by atoms with Crippen LogP contribution in [0.4, 0.5) is 0 Å². The van der Waals surface area contributed by atoms with Crippen LogP contribution in [0.2, 0.25) is 0 Å². The molecule has 0 aliphatic heterocycles. The number of carbonyl (C=O) groups is 2. The molecule has 6 heteroatoms. The van der Waals surface area contributed by atoms with Crippen molar-refractivity contribution in [2.24, 2.45) is 13.0 Å². The first-order valence-corrected chi connectivity index (χ1v) is 5.57. The molecule has 1 aromatic heterocycles. The number of carboxylic acids is 1. The van der Waals surface area contributed by atoms with Crippen molar-refractivity contribution in [1.29, 1.82) is 0 Å². The summed E-state index contributed by atoms with van der Waals surface area (Å²) in [6.45, 7) is 2.03. The molecule has 0 fully saturated rings. The number of aryl methyl sites for hydroxylation is 1. The summed E-state index contributed by atoms with van der Waals surface area (Å²) in [6, 6.07) is 2.76. The molecule has 6 nitrogen and oxygen atoms in total. The third-order valence-electron chi connectivity index (χ3n) is 2.48. The Bertz CT molecular complexity index is 507. The molecular formula is C12H16N2O4. The van der Waals surface area contributed by atoms with E-state index < -0.39 is 5.97 Å². The molecule has 1 atom stereocenters. The van der Waals surface area contributed by atoms with Crippen LogP contribution in [0, 0.1) is 5.92 Å². The summed E-state index contributed by atoms with van der Waals surface area (Å²) >= 11 is 0. The van der Waals surface area contributed by atoms with Gasteiger partial charge in [0.1, 0.15) is 0 Å². The molecule has 0 aliphatic carbocycles. The minimum Gasteiger partial charge on any atom is -0.481 e. The highest BCUT2D eigenvalue weighted by Gasteiger charge is 2.11. The van der Waals surface area contributed by atoms with Crippen molar-refractivity contribution < 1.29 is 14.7 Å². The average molecular weight is 252 g/mol. The van der Waals surface area contributed by atoms with E-state index in [2.05, 4.69) is 5.32 Å². The summed E-state index contributed by atoms with van der Waals surface area (Å²) in [4.78, 5) is 33.3. The predicted molar refractivity (Wildman–Crippen MR) is 65.4 cm³/mol. The Hall–Kier alpha value is -2.11. The SMILES string of the molecule is CC(CNC(=O)c1ccc(=O)n(C)c1)CC(=O)O. The number of carboxylic acid groups (broad SMARTS) is 1. The second-order valence-electron chi connectivity index (χ2n) is 4.28. The molecule has 2 N–H and O–H groups in total. The monoisotopic (exact) mass is 252 g/mol. The van der Waals surface area contributed by atoms with Crippen LogP contribution in [0.3, 0.4) is 0 Å². The first kappa shape index (κ1) is 14.0. The fraction of sp³-hybridized carbons (Fsp3) is 0.417. The molecule has 1 heterocycles. The van der Waals surface area contributed by atoms with E-state index in [4.69, 9.17) is 5.11 Å². The summed E-state index contributed by atoms with van der Waals surface area (Å²) in [5.41, 5.74) is 0.186. The number of amides is 1.